The molecule has 0 spiro atoms. The van der Waals surface area contributed by atoms with Gasteiger partial charge in [-0.3, -0.25) is 4.79 Å². The largest absolute Gasteiger partial charge is 0.497 e. The van der Waals surface area contributed by atoms with Crippen LogP contribution in [0, 0.1) is 0 Å². The number of anilines is 1. The minimum atomic E-state index is -0.719. The normalized spacial score (nSPS) is 14.0. The molecule has 1 aromatic heterocycles. The molecule has 0 radical (unpaired) electrons. The predicted molar refractivity (Wildman–Crippen MR) is 104 cm³/mol. The Kier molecular flexibility index (Phi) is 6.01. The Bertz CT molecular complexity index is 828. The first-order valence-corrected chi connectivity index (χ1v) is 9.69. The van der Waals surface area contributed by atoms with E-state index in [2.05, 4.69) is 5.32 Å². The van der Waals surface area contributed by atoms with Gasteiger partial charge in [0.1, 0.15) is 16.5 Å². The van der Waals surface area contributed by atoms with Crippen LogP contribution < -0.4 is 14.8 Å². The van der Waals surface area contributed by atoms with Gasteiger partial charge in [-0.25, -0.2) is 4.79 Å². The van der Waals surface area contributed by atoms with E-state index in [1.807, 2.05) is 0 Å². The number of methoxy groups -OCH3 is 2. The Morgan fingerprint density at radius 1 is 1.07 bits per heavy atom. The van der Waals surface area contributed by atoms with Gasteiger partial charge in [0, 0.05) is 4.88 Å². The molecule has 0 bridgehead atoms. The van der Waals surface area contributed by atoms with Crippen molar-refractivity contribution in [1.29, 1.82) is 0 Å². The molecular weight excluding hydrogens is 366 g/mol. The van der Waals surface area contributed by atoms with Crippen LogP contribution in [0.4, 0.5) is 5.00 Å². The van der Waals surface area contributed by atoms with Crippen molar-refractivity contribution < 1.29 is 23.8 Å². The molecular formula is C20H23NO5S. The van der Waals surface area contributed by atoms with Crippen molar-refractivity contribution >= 4 is 28.2 Å². The highest BCUT2D eigenvalue weighted by atomic mass is 32.1. The van der Waals surface area contributed by atoms with Crippen molar-refractivity contribution in [3.63, 3.8) is 0 Å². The van der Waals surface area contributed by atoms with Gasteiger partial charge in [0.05, 0.1) is 19.8 Å². The van der Waals surface area contributed by atoms with Gasteiger partial charge < -0.3 is 19.5 Å². The Morgan fingerprint density at radius 3 is 2.41 bits per heavy atom. The standard InChI is InChI=1S/C20H23NO5S/c1-12(26-14-10-8-13(24-2)9-11-14)18(22)21-19-17(20(23)25-3)15-6-4-5-7-16(15)27-19/h8-12H,4-7H2,1-3H3,(H,21,22)/t12-/m0/s1. The van der Waals surface area contributed by atoms with E-state index in [0.717, 1.165) is 36.1 Å². The van der Waals surface area contributed by atoms with Crippen LogP contribution in [0.3, 0.4) is 0 Å². The van der Waals surface area contributed by atoms with E-state index in [1.54, 1.807) is 38.3 Å². The maximum absolute atomic E-state index is 12.6. The van der Waals surface area contributed by atoms with Gasteiger partial charge in [0.25, 0.3) is 5.91 Å². The van der Waals surface area contributed by atoms with Crippen molar-refractivity contribution in [2.24, 2.45) is 0 Å². The van der Waals surface area contributed by atoms with Crippen LogP contribution in [0.5, 0.6) is 11.5 Å². The maximum Gasteiger partial charge on any atom is 0.341 e. The van der Waals surface area contributed by atoms with Crippen LogP contribution in [0.1, 0.15) is 40.6 Å². The van der Waals surface area contributed by atoms with Crippen molar-refractivity contribution in [3.05, 3.63) is 40.3 Å². The van der Waals surface area contributed by atoms with E-state index in [0.29, 0.717) is 22.1 Å². The first kappa shape index (κ1) is 19.2. The highest BCUT2D eigenvalue weighted by Gasteiger charge is 2.28. The molecule has 0 aliphatic heterocycles. The molecule has 0 saturated heterocycles. The van der Waals surface area contributed by atoms with Crippen molar-refractivity contribution in [2.75, 3.05) is 19.5 Å². The van der Waals surface area contributed by atoms with E-state index >= 15 is 0 Å². The Hall–Kier alpha value is -2.54. The molecule has 3 rings (SSSR count). The summed E-state index contributed by atoms with van der Waals surface area (Å²) in [6.07, 6.45) is 3.18. The number of aryl methyl sites for hydroxylation is 1. The van der Waals surface area contributed by atoms with Gasteiger partial charge in [-0.1, -0.05) is 0 Å². The van der Waals surface area contributed by atoms with E-state index in [-0.39, 0.29) is 5.91 Å². The van der Waals surface area contributed by atoms with Gasteiger partial charge in [-0.15, -0.1) is 11.3 Å². The molecule has 0 unspecified atom stereocenters. The van der Waals surface area contributed by atoms with E-state index < -0.39 is 12.1 Å². The topological polar surface area (TPSA) is 73.9 Å². The summed E-state index contributed by atoms with van der Waals surface area (Å²) in [4.78, 5) is 26.0. The SMILES string of the molecule is COC(=O)c1c(NC(=O)[C@H](C)Oc2ccc(OC)cc2)sc2c1CCCC2. The molecule has 1 aromatic carbocycles. The zero-order chi connectivity index (χ0) is 19.4. The molecule has 1 amide bonds. The van der Waals surface area contributed by atoms with Crippen LogP contribution in [0.25, 0.3) is 0 Å². The first-order valence-electron chi connectivity index (χ1n) is 8.88. The molecule has 27 heavy (non-hydrogen) atoms. The van der Waals surface area contributed by atoms with Crippen LogP contribution in [-0.4, -0.2) is 32.2 Å². The molecule has 7 heteroatoms. The van der Waals surface area contributed by atoms with E-state index in [4.69, 9.17) is 14.2 Å². The highest BCUT2D eigenvalue weighted by Crippen LogP contribution is 2.38. The van der Waals surface area contributed by atoms with Gasteiger partial charge in [0.15, 0.2) is 6.10 Å². The number of nitrogens with one attached hydrogen (secondary N) is 1. The summed E-state index contributed by atoms with van der Waals surface area (Å²) in [5, 5.41) is 3.40. The average molecular weight is 389 g/mol. The third-order valence-corrected chi connectivity index (χ3v) is 5.75. The second-order valence-electron chi connectivity index (χ2n) is 6.33. The van der Waals surface area contributed by atoms with Crippen molar-refractivity contribution in [3.8, 4) is 11.5 Å². The predicted octanol–water partition coefficient (Wildman–Crippen LogP) is 3.83. The maximum atomic E-state index is 12.6. The minimum absolute atomic E-state index is 0.311. The van der Waals surface area contributed by atoms with Crippen molar-refractivity contribution in [1.82, 2.24) is 0 Å². The number of ether oxygens (including phenoxy) is 3. The molecule has 1 atom stereocenters. The Balaban J connectivity index is 1.74. The zero-order valence-corrected chi connectivity index (χ0v) is 16.5. The molecule has 0 fully saturated rings. The summed E-state index contributed by atoms with van der Waals surface area (Å²) in [6, 6.07) is 7.02. The lowest BCUT2D eigenvalue weighted by atomic mass is 9.95. The summed E-state index contributed by atoms with van der Waals surface area (Å²) in [6.45, 7) is 1.67. The summed E-state index contributed by atoms with van der Waals surface area (Å²) in [5.74, 6) is 0.562. The monoisotopic (exact) mass is 389 g/mol. The fourth-order valence-electron chi connectivity index (χ4n) is 3.10. The fourth-order valence-corrected chi connectivity index (χ4v) is 4.38. The second-order valence-corrected chi connectivity index (χ2v) is 7.44. The number of hydrogen-bond donors (Lipinski definition) is 1. The summed E-state index contributed by atoms with van der Waals surface area (Å²) in [5.41, 5.74) is 1.50. The average Bonchev–Trinajstić information content (AvgIpc) is 3.05. The number of esters is 1. The van der Waals surface area contributed by atoms with Gasteiger partial charge >= 0.3 is 5.97 Å². The Morgan fingerprint density at radius 2 is 1.74 bits per heavy atom. The lowest BCUT2D eigenvalue weighted by Gasteiger charge is -2.15. The molecule has 144 valence electrons. The minimum Gasteiger partial charge on any atom is -0.497 e. The number of fused-ring (bicyclic) bond motifs is 1. The van der Waals surface area contributed by atoms with Gasteiger partial charge in [0.2, 0.25) is 0 Å². The fraction of sp³-hybridized carbons (Fsp3) is 0.400. The Labute approximate surface area is 162 Å². The zero-order valence-electron chi connectivity index (χ0n) is 15.7. The summed E-state index contributed by atoms with van der Waals surface area (Å²) in [7, 11) is 2.95. The molecule has 1 aliphatic rings. The third-order valence-electron chi connectivity index (χ3n) is 4.54. The van der Waals surface area contributed by atoms with Crippen LogP contribution in [0.15, 0.2) is 24.3 Å². The summed E-state index contributed by atoms with van der Waals surface area (Å²) < 4.78 is 15.7. The molecule has 1 aliphatic carbocycles. The number of rotatable bonds is 6. The number of thiophene rings is 1. The van der Waals surface area contributed by atoms with Crippen LogP contribution in [-0.2, 0) is 22.4 Å². The van der Waals surface area contributed by atoms with Crippen molar-refractivity contribution in [2.45, 2.75) is 38.7 Å². The number of carbonyl (C=O) groups excluding carboxylic acids is 2. The van der Waals surface area contributed by atoms with Crippen LogP contribution in [0.2, 0.25) is 0 Å². The number of carbonyl (C=O) groups is 2. The molecule has 1 N–H and O–H groups in total. The quantitative estimate of drug-likeness (QED) is 0.760. The second kappa shape index (κ2) is 8.43. The highest BCUT2D eigenvalue weighted by molar-refractivity contribution is 7.17. The summed E-state index contributed by atoms with van der Waals surface area (Å²) >= 11 is 1.46. The van der Waals surface area contributed by atoms with Crippen LogP contribution >= 0.6 is 11.3 Å². The molecule has 0 saturated carbocycles. The number of amides is 1. The third kappa shape index (κ3) is 4.24. The number of hydrogen-bond acceptors (Lipinski definition) is 6. The molecule has 1 heterocycles. The smallest absolute Gasteiger partial charge is 0.341 e. The molecule has 6 nitrogen and oxygen atoms in total. The van der Waals surface area contributed by atoms with E-state index in [1.165, 1.54) is 18.4 Å². The lowest BCUT2D eigenvalue weighted by molar-refractivity contribution is -0.122. The van der Waals surface area contributed by atoms with Gasteiger partial charge in [-0.2, -0.15) is 0 Å². The number of benzene rings is 1. The molecule has 2 aromatic rings. The lowest BCUT2D eigenvalue weighted by Crippen LogP contribution is -2.30. The van der Waals surface area contributed by atoms with Gasteiger partial charge in [-0.05, 0) is 62.4 Å². The first-order chi connectivity index (χ1) is 13.0. The van der Waals surface area contributed by atoms with E-state index in [9.17, 15) is 9.59 Å².